The SMILES string of the molecule is COC(=O)c1csc(-c2c(C)cccc2C)n1. The van der Waals surface area contributed by atoms with Crippen molar-refractivity contribution in [1.29, 1.82) is 0 Å². The summed E-state index contributed by atoms with van der Waals surface area (Å²) in [6, 6.07) is 6.10. The molecule has 1 aromatic heterocycles. The van der Waals surface area contributed by atoms with Gasteiger partial charge in [0.1, 0.15) is 5.01 Å². The van der Waals surface area contributed by atoms with E-state index >= 15 is 0 Å². The molecule has 1 heterocycles. The summed E-state index contributed by atoms with van der Waals surface area (Å²) in [5.74, 6) is -0.390. The van der Waals surface area contributed by atoms with Gasteiger partial charge in [-0.15, -0.1) is 11.3 Å². The Kier molecular flexibility index (Phi) is 3.24. The fourth-order valence-electron chi connectivity index (χ4n) is 1.74. The van der Waals surface area contributed by atoms with Crippen molar-refractivity contribution in [3.63, 3.8) is 0 Å². The molecule has 0 aliphatic heterocycles. The molecule has 0 N–H and O–H groups in total. The molecule has 0 fully saturated rings. The first-order valence-electron chi connectivity index (χ1n) is 5.24. The molecule has 4 heteroatoms. The van der Waals surface area contributed by atoms with Gasteiger partial charge in [-0.25, -0.2) is 9.78 Å². The van der Waals surface area contributed by atoms with Crippen molar-refractivity contribution in [3.8, 4) is 10.6 Å². The lowest BCUT2D eigenvalue weighted by Gasteiger charge is -2.05. The van der Waals surface area contributed by atoms with Gasteiger partial charge >= 0.3 is 5.97 Å². The molecule has 0 bridgehead atoms. The van der Waals surface area contributed by atoms with Gasteiger partial charge in [0.2, 0.25) is 0 Å². The van der Waals surface area contributed by atoms with Crippen LogP contribution in [0.15, 0.2) is 23.6 Å². The Morgan fingerprint density at radius 2 is 1.94 bits per heavy atom. The Labute approximate surface area is 104 Å². The molecule has 0 atom stereocenters. The van der Waals surface area contributed by atoms with E-state index in [0.717, 1.165) is 21.7 Å². The summed E-state index contributed by atoms with van der Waals surface area (Å²) in [5, 5.41) is 2.59. The Hall–Kier alpha value is -1.68. The molecule has 2 rings (SSSR count). The molecule has 88 valence electrons. The van der Waals surface area contributed by atoms with E-state index in [1.807, 2.05) is 32.0 Å². The smallest absolute Gasteiger partial charge is 0.357 e. The zero-order valence-corrected chi connectivity index (χ0v) is 10.8. The number of carbonyl (C=O) groups excluding carboxylic acids is 1. The maximum atomic E-state index is 11.3. The first-order valence-corrected chi connectivity index (χ1v) is 6.12. The van der Waals surface area contributed by atoms with Crippen LogP contribution in [-0.4, -0.2) is 18.1 Å². The molecular formula is C13H13NO2S. The van der Waals surface area contributed by atoms with Gasteiger partial charge in [0.25, 0.3) is 0 Å². The minimum atomic E-state index is -0.390. The van der Waals surface area contributed by atoms with E-state index in [2.05, 4.69) is 9.72 Å². The molecule has 0 saturated heterocycles. The summed E-state index contributed by atoms with van der Waals surface area (Å²) in [6.07, 6.45) is 0. The predicted octanol–water partition coefficient (Wildman–Crippen LogP) is 3.21. The minimum absolute atomic E-state index is 0.371. The number of methoxy groups -OCH3 is 1. The summed E-state index contributed by atoms with van der Waals surface area (Å²) in [6.45, 7) is 4.09. The van der Waals surface area contributed by atoms with E-state index < -0.39 is 5.97 Å². The third kappa shape index (κ3) is 2.22. The maximum Gasteiger partial charge on any atom is 0.357 e. The molecule has 0 unspecified atom stereocenters. The van der Waals surface area contributed by atoms with E-state index in [4.69, 9.17) is 0 Å². The number of ether oxygens (including phenoxy) is 1. The second-order valence-corrected chi connectivity index (χ2v) is 4.65. The zero-order valence-electron chi connectivity index (χ0n) is 9.98. The van der Waals surface area contributed by atoms with Crippen LogP contribution in [0, 0.1) is 13.8 Å². The van der Waals surface area contributed by atoms with Crippen molar-refractivity contribution < 1.29 is 9.53 Å². The van der Waals surface area contributed by atoms with Crippen molar-refractivity contribution in [1.82, 2.24) is 4.98 Å². The highest BCUT2D eigenvalue weighted by Gasteiger charge is 2.14. The van der Waals surface area contributed by atoms with E-state index in [1.54, 1.807) is 5.38 Å². The highest BCUT2D eigenvalue weighted by atomic mass is 32.1. The van der Waals surface area contributed by atoms with Gasteiger partial charge in [0.15, 0.2) is 5.69 Å². The molecular weight excluding hydrogens is 234 g/mol. The molecule has 3 nitrogen and oxygen atoms in total. The molecule has 0 spiro atoms. The normalized spacial score (nSPS) is 10.3. The van der Waals surface area contributed by atoms with Gasteiger partial charge in [-0.2, -0.15) is 0 Å². The van der Waals surface area contributed by atoms with Crippen molar-refractivity contribution >= 4 is 17.3 Å². The summed E-state index contributed by atoms with van der Waals surface area (Å²) < 4.78 is 4.65. The Morgan fingerprint density at radius 1 is 1.29 bits per heavy atom. The Morgan fingerprint density at radius 3 is 2.53 bits per heavy atom. The average Bonchev–Trinajstić information content (AvgIpc) is 2.77. The van der Waals surface area contributed by atoms with Crippen molar-refractivity contribution in [2.45, 2.75) is 13.8 Å². The molecule has 0 aliphatic rings. The number of aromatic nitrogens is 1. The van der Waals surface area contributed by atoms with Gasteiger partial charge in [-0.3, -0.25) is 0 Å². The lowest BCUT2D eigenvalue weighted by molar-refractivity contribution is 0.0595. The topological polar surface area (TPSA) is 39.2 Å². The number of aryl methyl sites for hydroxylation is 2. The van der Waals surface area contributed by atoms with Gasteiger partial charge < -0.3 is 4.74 Å². The maximum absolute atomic E-state index is 11.3. The fraction of sp³-hybridized carbons (Fsp3) is 0.231. The van der Waals surface area contributed by atoms with Crippen molar-refractivity contribution in [2.75, 3.05) is 7.11 Å². The quantitative estimate of drug-likeness (QED) is 0.765. The second-order valence-electron chi connectivity index (χ2n) is 3.80. The number of hydrogen-bond acceptors (Lipinski definition) is 4. The Balaban J connectivity index is 2.47. The molecule has 1 aromatic carbocycles. The molecule has 2 aromatic rings. The van der Waals surface area contributed by atoms with Gasteiger partial charge in [-0.05, 0) is 25.0 Å². The monoisotopic (exact) mass is 247 g/mol. The zero-order chi connectivity index (χ0) is 12.4. The molecule has 0 aliphatic carbocycles. The summed E-state index contributed by atoms with van der Waals surface area (Å²) in [4.78, 5) is 15.7. The number of thiazole rings is 1. The van der Waals surface area contributed by atoms with Crippen molar-refractivity contribution in [2.24, 2.45) is 0 Å². The predicted molar refractivity (Wildman–Crippen MR) is 68.4 cm³/mol. The molecule has 0 radical (unpaired) electrons. The van der Waals surface area contributed by atoms with E-state index in [9.17, 15) is 4.79 Å². The number of benzene rings is 1. The van der Waals surface area contributed by atoms with Crippen LogP contribution in [0.4, 0.5) is 0 Å². The van der Waals surface area contributed by atoms with E-state index in [0.29, 0.717) is 5.69 Å². The average molecular weight is 247 g/mol. The van der Waals surface area contributed by atoms with Crippen LogP contribution in [0.5, 0.6) is 0 Å². The molecule has 0 saturated carbocycles. The number of rotatable bonds is 2. The van der Waals surface area contributed by atoms with Crippen molar-refractivity contribution in [3.05, 3.63) is 40.4 Å². The number of esters is 1. The van der Waals surface area contributed by atoms with Gasteiger partial charge in [0.05, 0.1) is 7.11 Å². The highest BCUT2D eigenvalue weighted by molar-refractivity contribution is 7.13. The van der Waals surface area contributed by atoms with Crippen LogP contribution >= 0.6 is 11.3 Å². The summed E-state index contributed by atoms with van der Waals surface area (Å²) in [7, 11) is 1.36. The second kappa shape index (κ2) is 4.67. The number of carbonyl (C=O) groups is 1. The lowest BCUT2D eigenvalue weighted by atomic mass is 10.0. The molecule has 0 amide bonds. The summed E-state index contributed by atoms with van der Waals surface area (Å²) in [5.41, 5.74) is 3.80. The van der Waals surface area contributed by atoms with Gasteiger partial charge in [-0.1, -0.05) is 18.2 Å². The van der Waals surface area contributed by atoms with Gasteiger partial charge in [0, 0.05) is 10.9 Å². The number of nitrogens with zero attached hydrogens (tertiary/aromatic N) is 1. The first-order chi connectivity index (χ1) is 8.13. The number of hydrogen-bond donors (Lipinski definition) is 0. The largest absolute Gasteiger partial charge is 0.464 e. The third-order valence-electron chi connectivity index (χ3n) is 2.59. The molecule has 17 heavy (non-hydrogen) atoms. The van der Waals surface area contributed by atoms with Crippen LogP contribution in [0.1, 0.15) is 21.6 Å². The highest BCUT2D eigenvalue weighted by Crippen LogP contribution is 2.29. The Bertz CT molecular complexity index is 540. The van der Waals surface area contributed by atoms with Crippen LogP contribution in [0.25, 0.3) is 10.6 Å². The lowest BCUT2D eigenvalue weighted by Crippen LogP contribution is -2.01. The minimum Gasteiger partial charge on any atom is -0.464 e. The summed E-state index contributed by atoms with van der Waals surface area (Å²) >= 11 is 1.46. The third-order valence-corrected chi connectivity index (χ3v) is 3.45. The van der Waals surface area contributed by atoms with E-state index in [1.165, 1.54) is 18.4 Å². The van der Waals surface area contributed by atoms with Crippen LogP contribution in [-0.2, 0) is 4.74 Å². The fourth-order valence-corrected chi connectivity index (χ4v) is 2.70. The van der Waals surface area contributed by atoms with E-state index in [-0.39, 0.29) is 0 Å². The van der Waals surface area contributed by atoms with Crippen LogP contribution in [0.2, 0.25) is 0 Å². The first kappa shape index (κ1) is 11.8. The van der Waals surface area contributed by atoms with Crippen LogP contribution < -0.4 is 0 Å². The standard InChI is InChI=1S/C13H13NO2S/c1-8-5-4-6-9(2)11(8)12-14-10(7-17-12)13(15)16-3/h4-7H,1-3H3. The van der Waals surface area contributed by atoms with Crippen LogP contribution in [0.3, 0.4) is 0 Å².